The van der Waals surface area contributed by atoms with Crippen LogP contribution in [0.3, 0.4) is 0 Å². The van der Waals surface area contributed by atoms with Crippen LogP contribution in [-0.4, -0.2) is 29.2 Å². The minimum Gasteiger partial charge on any atom is -0.497 e. The topological polar surface area (TPSA) is 79.0 Å². The fourth-order valence-electron chi connectivity index (χ4n) is 3.76. The van der Waals surface area contributed by atoms with E-state index >= 15 is 0 Å². The molecule has 1 aliphatic carbocycles. The zero-order chi connectivity index (χ0) is 18.6. The minimum atomic E-state index is -0.171. The van der Waals surface area contributed by atoms with Crippen LogP contribution in [-0.2, 0) is 0 Å². The number of nitrogens with zero attached hydrogens (tertiary/aromatic N) is 1. The van der Waals surface area contributed by atoms with E-state index in [1.165, 1.54) is 0 Å². The molecule has 1 aliphatic rings. The number of aromatic amines is 1. The number of para-hydroxylation sites is 2. The number of hydrogen-bond acceptors (Lipinski definition) is 3. The average Bonchev–Trinajstić information content (AvgIpc) is 3.13. The summed E-state index contributed by atoms with van der Waals surface area (Å²) in [5, 5.41) is 5.99. The number of amides is 2. The molecule has 2 aromatic carbocycles. The molecule has 1 aromatic heterocycles. The van der Waals surface area contributed by atoms with Crippen LogP contribution in [0.1, 0.15) is 37.4 Å². The van der Waals surface area contributed by atoms with Crippen molar-refractivity contribution in [3.63, 3.8) is 0 Å². The monoisotopic (exact) mass is 364 g/mol. The Kier molecular flexibility index (Phi) is 4.96. The molecule has 6 heteroatoms. The van der Waals surface area contributed by atoms with Gasteiger partial charge in [0, 0.05) is 17.6 Å². The van der Waals surface area contributed by atoms with Crippen molar-refractivity contribution >= 4 is 22.8 Å². The molecular formula is C21H24N4O2. The number of benzene rings is 2. The second kappa shape index (κ2) is 7.70. The zero-order valence-corrected chi connectivity index (χ0v) is 15.4. The number of H-pyrrole nitrogens is 1. The first kappa shape index (κ1) is 17.4. The number of carbonyl (C=O) groups is 1. The lowest BCUT2D eigenvalue weighted by Gasteiger charge is -2.28. The molecule has 2 atom stereocenters. The van der Waals surface area contributed by atoms with Crippen LogP contribution in [0.5, 0.6) is 5.75 Å². The average molecular weight is 364 g/mol. The van der Waals surface area contributed by atoms with E-state index in [-0.39, 0.29) is 12.1 Å². The summed E-state index contributed by atoms with van der Waals surface area (Å²) in [6.45, 7) is 0. The number of urea groups is 1. The number of methoxy groups -OCH3 is 1. The van der Waals surface area contributed by atoms with Crippen molar-refractivity contribution in [3.8, 4) is 5.75 Å². The normalized spacial score (nSPS) is 19.6. The van der Waals surface area contributed by atoms with E-state index < -0.39 is 0 Å². The summed E-state index contributed by atoms with van der Waals surface area (Å²) < 4.78 is 5.13. The van der Waals surface area contributed by atoms with E-state index in [1.807, 2.05) is 48.5 Å². The Labute approximate surface area is 158 Å². The van der Waals surface area contributed by atoms with Crippen molar-refractivity contribution in [2.45, 2.75) is 37.6 Å². The quantitative estimate of drug-likeness (QED) is 0.641. The summed E-state index contributed by atoms with van der Waals surface area (Å²) in [6, 6.07) is 15.4. The molecule has 3 N–H and O–H groups in total. The molecule has 1 heterocycles. The Hall–Kier alpha value is -3.02. The third kappa shape index (κ3) is 4.05. The molecule has 140 valence electrons. The molecule has 0 spiro atoms. The Morgan fingerprint density at radius 1 is 1.15 bits per heavy atom. The highest BCUT2D eigenvalue weighted by Gasteiger charge is 2.26. The van der Waals surface area contributed by atoms with E-state index in [0.29, 0.717) is 5.92 Å². The summed E-state index contributed by atoms with van der Waals surface area (Å²) in [5.41, 5.74) is 2.82. The van der Waals surface area contributed by atoms with Crippen molar-refractivity contribution in [2.24, 2.45) is 0 Å². The first-order valence-corrected chi connectivity index (χ1v) is 9.37. The third-order valence-electron chi connectivity index (χ3n) is 5.15. The van der Waals surface area contributed by atoms with E-state index in [9.17, 15) is 4.79 Å². The number of aromatic nitrogens is 2. The molecule has 2 unspecified atom stereocenters. The second-order valence-electron chi connectivity index (χ2n) is 7.03. The van der Waals surface area contributed by atoms with Crippen LogP contribution in [0.4, 0.5) is 10.5 Å². The van der Waals surface area contributed by atoms with Crippen molar-refractivity contribution in [1.82, 2.24) is 15.3 Å². The molecule has 6 nitrogen and oxygen atoms in total. The van der Waals surface area contributed by atoms with Gasteiger partial charge in [-0.25, -0.2) is 9.78 Å². The SMILES string of the molecule is COc1ccc(NC(=O)NC2CCCC(c3nc4ccccc4[nH]3)C2)cc1. The number of anilines is 1. The van der Waals surface area contributed by atoms with E-state index in [0.717, 1.165) is 54.0 Å². The molecule has 0 radical (unpaired) electrons. The smallest absolute Gasteiger partial charge is 0.319 e. The first-order valence-electron chi connectivity index (χ1n) is 9.37. The van der Waals surface area contributed by atoms with Gasteiger partial charge in [-0.2, -0.15) is 0 Å². The molecule has 1 fully saturated rings. The number of ether oxygens (including phenoxy) is 1. The summed E-state index contributed by atoms with van der Waals surface area (Å²) in [4.78, 5) is 20.5. The first-order chi connectivity index (χ1) is 13.2. The largest absolute Gasteiger partial charge is 0.497 e. The molecule has 27 heavy (non-hydrogen) atoms. The Bertz CT molecular complexity index is 886. The highest BCUT2D eigenvalue weighted by Crippen LogP contribution is 2.32. The van der Waals surface area contributed by atoms with Gasteiger partial charge in [-0.3, -0.25) is 0 Å². The lowest BCUT2D eigenvalue weighted by molar-refractivity contribution is 0.242. The number of carbonyl (C=O) groups excluding carboxylic acids is 1. The summed E-state index contributed by atoms with van der Waals surface area (Å²) in [6.07, 6.45) is 4.07. The van der Waals surface area contributed by atoms with Gasteiger partial charge in [0.15, 0.2) is 0 Å². The molecule has 0 saturated heterocycles. The Morgan fingerprint density at radius 2 is 1.96 bits per heavy atom. The van der Waals surface area contributed by atoms with Crippen LogP contribution in [0.25, 0.3) is 11.0 Å². The lowest BCUT2D eigenvalue weighted by Crippen LogP contribution is -2.40. The highest BCUT2D eigenvalue weighted by atomic mass is 16.5. The van der Waals surface area contributed by atoms with Gasteiger partial charge in [0.1, 0.15) is 11.6 Å². The van der Waals surface area contributed by atoms with Crippen molar-refractivity contribution in [1.29, 1.82) is 0 Å². The molecule has 3 aromatic rings. The van der Waals surface area contributed by atoms with Gasteiger partial charge < -0.3 is 20.4 Å². The molecule has 4 rings (SSSR count). The van der Waals surface area contributed by atoms with Gasteiger partial charge in [-0.1, -0.05) is 18.6 Å². The summed E-state index contributed by atoms with van der Waals surface area (Å²) in [5.74, 6) is 2.14. The lowest BCUT2D eigenvalue weighted by atomic mass is 9.85. The number of fused-ring (bicyclic) bond motifs is 1. The maximum Gasteiger partial charge on any atom is 0.319 e. The van der Waals surface area contributed by atoms with Crippen molar-refractivity contribution < 1.29 is 9.53 Å². The maximum absolute atomic E-state index is 12.3. The third-order valence-corrected chi connectivity index (χ3v) is 5.15. The Morgan fingerprint density at radius 3 is 2.74 bits per heavy atom. The molecule has 0 bridgehead atoms. The molecule has 1 saturated carbocycles. The van der Waals surface area contributed by atoms with E-state index in [2.05, 4.69) is 15.6 Å². The maximum atomic E-state index is 12.3. The van der Waals surface area contributed by atoms with Gasteiger partial charge >= 0.3 is 6.03 Å². The van der Waals surface area contributed by atoms with E-state index in [4.69, 9.17) is 9.72 Å². The van der Waals surface area contributed by atoms with Crippen LogP contribution in [0.2, 0.25) is 0 Å². The standard InChI is InChI=1S/C21H24N4O2/c1-27-17-11-9-15(10-12-17)22-21(26)23-16-6-4-5-14(13-16)20-24-18-7-2-3-8-19(18)25-20/h2-3,7-12,14,16H,4-6,13H2,1H3,(H,24,25)(H2,22,23,26). The number of rotatable bonds is 4. The van der Waals surface area contributed by atoms with Crippen LogP contribution in [0.15, 0.2) is 48.5 Å². The Balaban J connectivity index is 1.36. The van der Waals surface area contributed by atoms with Crippen LogP contribution >= 0.6 is 0 Å². The van der Waals surface area contributed by atoms with Gasteiger partial charge in [-0.15, -0.1) is 0 Å². The van der Waals surface area contributed by atoms with Gasteiger partial charge in [0.25, 0.3) is 0 Å². The number of hydrogen-bond donors (Lipinski definition) is 3. The summed E-state index contributed by atoms with van der Waals surface area (Å²) in [7, 11) is 1.62. The van der Waals surface area contributed by atoms with Crippen LogP contribution < -0.4 is 15.4 Å². The minimum absolute atomic E-state index is 0.148. The fraction of sp³-hybridized carbons (Fsp3) is 0.333. The van der Waals surface area contributed by atoms with Crippen molar-refractivity contribution in [2.75, 3.05) is 12.4 Å². The molecule has 0 aliphatic heterocycles. The number of imidazole rings is 1. The highest BCUT2D eigenvalue weighted by molar-refractivity contribution is 5.89. The van der Waals surface area contributed by atoms with Crippen LogP contribution in [0, 0.1) is 0 Å². The van der Waals surface area contributed by atoms with Gasteiger partial charge in [0.2, 0.25) is 0 Å². The molecular weight excluding hydrogens is 340 g/mol. The second-order valence-corrected chi connectivity index (χ2v) is 7.03. The predicted octanol–water partition coefficient (Wildman–Crippen LogP) is 4.42. The zero-order valence-electron chi connectivity index (χ0n) is 15.4. The van der Waals surface area contributed by atoms with E-state index in [1.54, 1.807) is 7.11 Å². The van der Waals surface area contributed by atoms with Gasteiger partial charge in [-0.05, 0) is 55.7 Å². The fourth-order valence-corrected chi connectivity index (χ4v) is 3.76. The summed E-state index contributed by atoms with van der Waals surface area (Å²) >= 11 is 0. The predicted molar refractivity (Wildman–Crippen MR) is 106 cm³/mol. The number of nitrogens with one attached hydrogen (secondary N) is 3. The van der Waals surface area contributed by atoms with Crippen molar-refractivity contribution in [3.05, 3.63) is 54.4 Å². The molecule has 2 amide bonds. The van der Waals surface area contributed by atoms with Gasteiger partial charge in [0.05, 0.1) is 18.1 Å².